The number of unbranched alkanes of at least 4 members (excludes halogenated alkanes) is 2. The predicted molar refractivity (Wildman–Crippen MR) is 98.3 cm³/mol. The maximum Gasteiger partial charge on any atom is 0.133 e. The van der Waals surface area contributed by atoms with Crippen molar-refractivity contribution in [2.75, 3.05) is 6.61 Å². The summed E-state index contributed by atoms with van der Waals surface area (Å²) >= 11 is 0. The molecule has 0 heterocycles. The molecule has 0 aliphatic carbocycles. The van der Waals surface area contributed by atoms with E-state index in [4.69, 9.17) is 4.84 Å². The summed E-state index contributed by atoms with van der Waals surface area (Å²) in [7, 11) is 0. The zero-order valence-electron chi connectivity index (χ0n) is 15.9. The molecule has 0 aromatic heterocycles. The first kappa shape index (κ1) is 21.1. The van der Waals surface area contributed by atoms with E-state index in [0.717, 1.165) is 24.8 Å². The van der Waals surface area contributed by atoms with Crippen molar-refractivity contribution in [2.24, 2.45) is 5.92 Å². The number of benzene rings is 1. The van der Waals surface area contributed by atoms with Crippen LogP contribution in [0.3, 0.4) is 0 Å². The third kappa shape index (κ3) is 6.17. The Balaban J connectivity index is 2.84. The first-order valence-electron chi connectivity index (χ1n) is 9.13. The van der Waals surface area contributed by atoms with Gasteiger partial charge in [0.1, 0.15) is 12.3 Å². The molecule has 4 nitrogen and oxygen atoms in total. The van der Waals surface area contributed by atoms with Gasteiger partial charge in [0.05, 0.1) is 12.1 Å². The molecule has 0 aliphatic heterocycles. The van der Waals surface area contributed by atoms with Crippen molar-refractivity contribution >= 4 is 0 Å². The van der Waals surface area contributed by atoms with Crippen molar-refractivity contribution in [1.82, 2.24) is 5.06 Å². The van der Waals surface area contributed by atoms with Crippen molar-refractivity contribution in [3.63, 3.8) is 0 Å². The Hall–Kier alpha value is -0.940. The van der Waals surface area contributed by atoms with Crippen LogP contribution < -0.4 is 0 Å². The summed E-state index contributed by atoms with van der Waals surface area (Å²) in [5, 5.41) is 22.2. The van der Waals surface area contributed by atoms with Gasteiger partial charge in [-0.2, -0.15) is 5.06 Å². The van der Waals surface area contributed by atoms with Gasteiger partial charge in [-0.3, -0.25) is 4.84 Å². The van der Waals surface area contributed by atoms with Gasteiger partial charge in [0, 0.05) is 0 Å². The fourth-order valence-corrected chi connectivity index (χ4v) is 2.68. The highest BCUT2D eigenvalue weighted by molar-refractivity contribution is 5.16. The van der Waals surface area contributed by atoms with Crippen molar-refractivity contribution in [1.29, 1.82) is 0 Å². The highest BCUT2D eigenvalue weighted by atomic mass is 16.7. The molecule has 0 fully saturated rings. The molecular formula is C20H35NO3. The smallest absolute Gasteiger partial charge is 0.133 e. The van der Waals surface area contributed by atoms with E-state index in [0.29, 0.717) is 0 Å². The molecule has 1 aromatic rings. The molecule has 0 saturated heterocycles. The number of hydroxylamine groups is 2. The highest BCUT2D eigenvalue weighted by Crippen LogP contribution is 2.28. The second-order valence-corrected chi connectivity index (χ2v) is 7.34. The summed E-state index contributed by atoms with van der Waals surface area (Å²) in [5.41, 5.74) is 0.378. The van der Waals surface area contributed by atoms with Crippen LogP contribution in [0.5, 0.6) is 0 Å². The molecule has 0 spiro atoms. The van der Waals surface area contributed by atoms with Gasteiger partial charge in [0.15, 0.2) is 0 Å². The molecule has 1 rings (SSSR count). The Kier molecular flexibility index (Phi) is 8.92. The summed E-state index contributed by atoms with van der Waals surface area (Å²) in [5.74, 6) is 0.0744. The van der Waals surface area contributed by atoms with E-state index in [1.165, 1.54) is 6.42 Å². The van der Waals surface area contributed by atoms with E-state index in [9.17, 15) is 10.2 Å². The van der Waals surface area contributed by atoms with Crippen LogP contribution in [0.25, 0.3) is 0 Å². The molecule has 0 aliphatic rings. The number of aliphatic hydroxyl groups is 2. The van der Waals surface area contributed by atoms with Crippen molar-refractivity contribution in [3.05, 3.63) is 35.9 Å². The van der Waals surface area contributed by atoms with Crippen LogP contribution in [0, 0.1) is 5.92 Å². The van der Waals surface area contributed by atoms with E-state index in [2.05, 4.69) is 6.92 Å². The average Bonchev–Trinajstić information content (AvgIpc) is 2.59. The molecular weight excluding hydrogens is 302 g/mol. The standard InChI is InChI=1S/C20H35NO3/c1-6-7-9-12-16(2)19(23)21(20(4,5)15-22)24-17(3)18-13-10-8-11-14-18/h8,10-11,13-14,16-17,19,22-23H,6-7,9,12,15H2,1-5H3/t16-,17?,19?/m1/s1. The lowest BCUT2D eigenvalue weighted by atomic mass is 9.98. The maximum atomic E-state index is 10.8. The van der Waals surface area contributed by atoms with Gasteiger partial charge in [-0.25, -0.2) is 0 Å². The summed E-state index contributed by atoms with van der Waals surface area (Å²) in [6.07, 6.45) is 3.41. The van der Waals surface area contributed by atoms with E-state index < -0.39 is 11.8 Å². The lowest BCUT2D eigenvalue weighted by Crippen LogP contribution is -2.54. The predicted octanol–water partition coefficient (Wildman–Crippen LogP) is 4.29. The highest BCUT2D eigenvalue weighted by Gasteiger charge is 2.36. The summed E-state index contributed by atoms with van der Waals surface area (Å²) in [6, 6.07) is 9.93. The van der Waals surface area contributed by atoms with Gasteiger partial charge in [-0.1, -0.05) is 63.4 Å². The molecule has 138 valence electrons. The minimum absolute atomic E-state index is 0.0744. The largest absolute Gasteiger partial charge is 0.394 e. The molecule has 2 unspecified atom stereocenters. The molecule has 1 aromatic carbocycles. The van der Waals surface area contributed by atoms with Crippen LogP contribution in [0.15, 0.2) is 30.3 Å². The van der Waals surface area contributed by atoms with Gasteiger partial charge in [0.2, 0.25) is 0 Å². The van der Waals surface area contributed by atoms with Crippen LogP contribution >= 0.6 is 0 Å². The molecule has 0 radical (unpaired) electrons. The Morgan fingerprint density at radius 3 is 2.29 bits per heavy atom. The van der Waals surface area contributed by atoms with Crippen molar-refractivity contribution in [2.45, 2.75) is 78.2 Å². The van der Waals surface area contributed by atoms with Gasteiger partial charge >= 0.3 is 0 Å². The van der Waals surface area contributed by atoms with E-state index in [-0.39, 0.29) is 18.6 Å². The third-order valence-corrected chi connectivity index (χ3v) is 4.54. The van der Waals surface area contributed by atoms with Crippen molar-refractivity contribution in [3.8, 4) is 0 Å². The van der Waals surface area contributed by atoms with Crippen LogP contribution in [0.1, 0.15) is 72.0 Å². The monoisotopic (exact) mass is 337 g/mol. The van der Waals surface area contributed by atoms with Crippen molar-refractivity contribution < 1.29 is 15.1 Å². The van der Waals surface area contributed by atoms with Gasteiger partial charge in [-0.15, -0.1) is 0 Å². The molecule has 24 heavy (non-hydrogen) atoms. The molecule has 3 atom stereocenters. The van der Waals surface area contributed by atoms with E-state index in [1.807, 2.05) is 58.0 Å². The lowest BCUT2D eigenvalue weighted by molar-refractivity contribution is -0.321. The zero-order valence-corrected chi connectivity index (χ0v) is 15.9. The Morgan fingerprint density at radius 1 is 1.12 bits per heavy atom. The lowest BCUT2D eigenvalue weighted by Gasteiger charge is -2.42. The van der Waals surface area contributed by atoms with Crippen LogP contribution in [-0.4, -0.2) is 33.6 Å². The molecule has 4 heteroatoms. The Bertz CT molecular complexity index is 449. The molecule has 0 bridgehead atoms. The fourth-order valence-electron chi connectivity index (χ4n) is 2.68. The molecule has 0 amide bonds. The van der Waals surface area contributed by atoms with E-state index in [1.54, 1.807) is 5.06 Å². The minimum atomic E-state index is -0.754. The third-order valence-electron chi connectivity index (χ3n) is 4.54. The summed E-state index contributed by atoms with van der Waals surface area (Å²) < 4.78 is 0. The first-order chi connectivity index (χ1) is 11.3. The van der Waals surface area contributed by atoms with Gasteiger partial charge in [0.25, 0.3) is 0 Å². The second-order valence-electron chi connectivity index (χ2n) is 7.34. The van der Waals surface area contributed by atoms with Crippen LogP contribution in [0.2, 0.25) is 0 Å². The molecule has 0 saturated carbocycles. The van der Waals surface area contributed by atoms with Crippen LogP contribution in [0.4, 0.5) is 0 Å². The maximum absolute atomic E-state index is 10.8. The number of rotatable bonds is 11. The Labute approximate surface area is 147 Å². The Morgan fingerprint density at radius 2 is 1.75 bits per heavy atom. The topological polar surface area (TPSA) is 52.9 Å². The quantitative estimate of drug-likeness (QED) is 0.359. The number of aliphatic hydroxyl groups excluding tert-OH is 2. The minimum Gasteiger partial charge on any atom is -0.394 e. The summed E-state index contributed by atoms with van der Waals surface area (Å²) in [4.78, 5) is 6.10. The number of nitrogens with zero attached hydrogens (tertiary/aromatic N) is 1. The second kappa shape index (κ2) is 10.1. The molecule has 2 N–H and O–H groups in total. The van der Waals surface area contributed by atoms with E-state index >= 15 is 0 Å². The van der Waals surface area contributed by atoms with Gasteiger partial charge < -0.3 is 10.2 Å². The SMILES string of the molecule is CCCCC[C@@H](C)C(O)N(OC(C)c1ccccc1)C(C)(C)CO. The number of hydrogen-bond donors (Lipinski definition) is 2. The van der Waals surface area contributed by atoms with Gasteiger partial charge in [-0.05, 0) is 38.7 Å². The first-order valence-corrected chi connectivity index (χ1v) is 9.13. The normalized spacial score (nSPS) is 16.2. The zero-order chi connectivity index (χ0) is 18.2. The fraction of sp³-hybridized carbons (Fsp3) is 0.700. The number of hydrogen-bond acceptors (Lipinski definition) is 4. The average molecular weight is 338 g/mol. The van der Waals surface area contributed by atoms with Crippen LogP contribution in [-0.2, 0) is 4.84 Å². The summed E-state index contributed by atoms with van der Waals surface area (Å²) in [6.45, 7) is 9.85.